The Morgan fingerprint density at radius 1 is 1.08 bits per heavy atom. The maximum Gasteiger partial charge on any atom is 0.257 e. The molecule has 1 amide bonds. The van der Waals surface area contributed by atoms with Crippen molar-refractivity contribution in [3.05, 3.63) is 48.4 Å². The van der Waals surface area contributed by atoms with Crippen LogP contribution in [-0.2, 0) is 0 Å². The van der Waals surface area contributed by atoms with E-state index >= 15 is 0 Å². The fourth-order valence-corrected chi connectivity index (χ4v) is 3.10. The fraction of sp³-hybridized carbons (Fsp3) is 0.450. The van der Waals surface area contributed by atoms with Crippen molar-refractivity contribution >= 4 is 5.91 Å². The lowest BCUT2D eigenvalue weighted by molar-refractivity contribution is 0.0760. The van der Waals surface area contributed by atoms with Gasteiger partial charge in [-0.05, 0) is 31.5 Å². The second-order valence-electron chi connectivity index (χ2n) is 6.23. The van der Waals surface area contributed by atoms with Gasteiger partial charge in [-0.25, -0.2) is 0 Å². The van der Waals surface area contributed by atoms with Gasteiger partial charge in [0, 0.05) is 32.7 Å². The molecule has 1 saturated heterocycles. The van der Waals surface area contributed by atoms with Crippen LogP contribution in [0.1, 0.15) is 23.7 Å². The Morgan fingerprint density at radius 2 is 1.88 bits per heavy atom. The maximum absolute atomic E-state index is 12.4. The molecule has 0 spiro atoms. The number of para-hydroxylation sites is 2. The molecule has 1 aromatic heterocycles. The van der Waals surface area contributed by atoms with E-state index in [0.717, 1.165) is 50.6 Å². The molecule has 0 aliphatic carbocycles. The van der Waals surface area contributed by atoms with Crippen LogP contribution >= 0.6 is 0 Å². The van der Waals surface area contributed by atoms with Crippen molar-refractivity contribution < 1.29 is 18.7 Å². The van der Waals surface area contributed by atoms with E-state index in [1.165, 1.54) is 12.5 Å². The molecular weight excluding hydrogens is 332 g/mol. The molecule has 0 N–H and O–H groups in total. The zero-order valence-corrected chi connectivity index (χ0v) is 15.2. The molecule has 0 unspecified atom stereocenters. The first-order valence-corrected chi connectivity index (χ1v) is 9.16. The molecule has 6 nitrogen and oxygen atoms in total. The van der Waals surface area contributed by atoms with E-state index in [-0.39, 0.29) is 5.91 Å². The smallest absolute Gasteiger partial charge is 0.257 e. The summed E-state index contributed by atoms with van der Waals surface area (Å²) >= 11 is 0. The van der Waals surface area contributed by atoms with E-state index in [0.29, 0.717) is 18.8 Å². The van der Waals surface area contributed by atoms with Crippen LogP contribution in [0.5, 0.6) is 11.5 Å². The van der Waals surface area contributed by atoms with Crippen molar-refractivity contribution in [1.82, 2.24) is 9.80 Å². The third-order valence-corrected chi connectivity index (χ3v) is 4.46. The van der Waals surface area contributed by atoms with Gasteiger partial charge in [-0.3, -0.25) is 9.69 Å². The molecule has 26 heavy (non-hydrogen) atoms. The summed E-state index contributed by atoms with van der Waals surface area (Å²) in [5, 5.41) is 0. The Balaban J connectivity index is 1.46. The standard InChI is InChI=1S/C20H26N2O4/c1-2-25-18-6-3-4-7-19(18)26-15-13-21-9-5-10-22(12-11-21)20(23)17-8-14-24-16-17/h3-4,6-8,14,16H,2,5,9-13,15H2,1H3. The Bertz CT molecular complexity index is 687. The first kappa shape index (κ1) is 18.3. The number of nitrogens with zero attached hydrogens (tertiary/aromatic N) is 2. The molecule has 2 heterocycles. The van der Waals surface area contributed by atoms with Crippen LogP contribution in [0.25, 0.3) is 0 Å². The van der Waals surface area contributed by atoms with Crippen LogP contribution in [0.15, 0.2) is 47.3 Å². The molecule has 1 aliphatic heterocycles. The van der Waals surface area contributed by atoms with Gasteiger partial charge in [0.05, 0.1) is 18.4 Å². The zero-order chi connectivity index (χ0) is 18.2. The third-order valence-electron chi connectivity index (χ3n) is 4.46. The minimum atomic E-state index is 0.0440. The van der Waals surface area contributed by atoms with Crippen LogP contribution in [0, 0.1) is 0 Å². The summed E-state index contributed by atoms with van der Waals surface area (Å²) in [5.41, 5.74) is 0.620. The van der Waals surface area contributed by atoms with Crippen molar-refractivity contribution in [3.63, 3.8) is 0 Å². The van der Waals surface area contributed by atoms with Crippen molar-refractivity contribution in [3.8, 4) is 11.5 Å². The summed E-state index contributed by atoms with van der Waals surface area (Å²) in [5.74, 6) is 1.60. The molecule has 1 aromatic carbocycles. The van der Waals surface area contributed by atoms with Gasteiger partial charge in [0.2, 0.25) is 0 Å². The van der Waals surface area contributed by atoms with Gasteiger partial charge in [0.1, 0.15) is 12.9 Å². The van der Waals surface area contributed by atoms with Crippen molar-refractivity contribution in [1.29, 1.82) is 0 Å². The predicted octanol–water partition coefficient (Wildman–Crippen LogP) is 2.91. The van der Waals surface area contributed by atoms with Crippen LogP contribution in [-0.4, -0.2) is 61.6 Å². The zero-order valence-electron chi connectivity index (χ0n) is 15.2. The monoisotopic (exact) mass is 358 g/mol. The summed E-state index contributed by atoms with van der Waals surface area (Å²) in [4.78, 5) is 16.7. The van der Waals surface area contributed by atoms with Gasteiger partial charge in [-0.2, -0.15) is 0 Å². The summed E-state index contributed by atoms with van der Waals surface area (Å²) in [6.45, 7) is 7.31. The van der Waals surface area contributed by atoms with Crippen molar-refractivity contribution in [2.45, 2.75) is 13.3 Å². The second kappa shape index (κ2) is 9.29. The van der Waals surface area contributed by atoms with Crippen molar-refractivity contribution in [2.75, 3.05) is 45.9 Å². The molecular formula is C20H26N2O4. The minimum Gasteiger partial charge on any atom is -0.490 e. The summed E-state index contributed by atoms with van der Waals surface area (Å²) in [7, 11) is 0. The van der Waals surface area contributed by atoms with E-state index in [1.807, 2.05) is 36.1 Å². The van der Waals surface area contributed by atoms with E-state index in [1.54, 1.807) is 6.07 Å². The van der Waals surface area contributed by atoms with Crippen LogP contribution in [0.3, 0.4) is 0 Å². The molecule has 140 valence electrons. The molecule has 1 aliphatic rings. The third kappa shape index (κ3) is 4.79. The van der Waals surface area contributed by atoms with Crippen LogP contribution < -0.4 is 9.47 Å². The van der Waals surface area contributed by atoms with E-state index in [4.69, 9.17) is 13.9 Å². The summed E-state index contributed by atoms with van der Waals surface area (Å²) in [6.07, 6.45) is 4.00. The van der Waals surface area contributed by atoms with Gasteiger partial charge >= 0.3 is 0 Å². The lowest BCUT2D eigenvalue weighted by Crippen LogP contribution is -2.36. The average molecular weight is 358 g/mol. The number of hydrogen-bond acceptors (Lipinski definition) is 5. The molecule has 0 saturated carbocycles. The second-order valence-corrected chi connectivity index (χ2v) is 6.23. The Labute approximate surface area is 154 Å². The number of benzene rings is 1. The van der Waals surface area contributed by atoms with Gasteiger partial charge in [-0.1, -0.05) is 12.1 Å². The normalized spacial score (nSPS) is 15.5. The Morgan fingerprint density at radius 3 is 2.62 bits per heavy atom. The highest BCUT2D eigenvalue weighted by Crippen LogP contribution is 2.26. The Kier molecular flexibility index (Phi) is 6.55. The first-order chi connectivity index (χ1) is 12.8. The molecule has 0 radical (unpaired) electrons. The van der Waals surface area contributed by atoms with E-state index in [9.17, 15) is 4.79 Å². The van der Waals surface area contributed by atoms with Crippen molar-refractivity contribution in [2.24, 2.45) is 0 Å². The molecule has 6 heteroatoms. The molecule has 3 rings (SSSR count). The predicted molar refractivity (Wildman–Crippen MR) is 98.8 cm³/mol. The number of carbonyl (C=O) groups is 1. The molecule has 0 atom stereocenters. The van der Waals surface area contributed by atoms with Gasteiger partial charge in [-0.15, -0.1) is 0 Å². The van der Waals surface area contributed by atoms with Crippen LogP contribution in [0.4, 0.5) is 0 Å². The van der Waals surface area contributed by atoms with Gasteiger partial charge < -0.3 is 18.8 Å². The van der Waals surface area contributed by atoms with Gasteiger partial charge in [0.15, 0.2) is 11.5 Å². The minimum absolute atomic E-state index is 0.0440. The highest BCUT2D eigenvalue weighted by Gasteiger charge is 2.20. The van der Waals surface area contributed by atoms with E-state index in [2.05, 4.69) is 4.90 Å². The van der Waals surface area contributed by atoms with Gasteiger partial charge in [0.25, 0.3) is 5.91 Å². The first-order valence-electron chi connectivity index (χ1n) is 9.16. The molecule has 0 bridgehead atoms. The topological polar surface area (TPSA) is 55.2 Å². The average Bonchev–Trinajstić information content (AvgIpc) is 3.09. The number of amides is 1. The number of furan rings is 1. The number of hydrogen-bond donors (Lipinski definition) is 0. The number of rotatable bonds is 7. The summed E-state index contributed by atoms with van der Waals surface area (Å²) < 4.78 is 16.5. The summed E-state index contributed by atoms with van der Waals surface area (Å²) in [6, 6.07) is 9.46. The molecule has 1 fully saturated rings. The number of ether oxygens (including phenoxy) is 2. The molecule has 2 aromatic rings. The Hall–Kier alpha value is -2.47. The maximum atomic E-state index is 12.4. The van der Waals surface area contributed by atoms with Crippen LogP contribution in [0.2, 0.25) is 0 Å². The SMILES string of the molecule is CCOc1ccccc1OCCN1CCCN(C(=O)c2ccoc2)CC1. The lowest BCUT2D eigenvalue weighted by Gasteiger charge is -2.22. The lowest BCUT2D eigenvalue weighted by atomic mass is 10.3. The van der Waals surface area contributed by atoms with E-state index < -0.39 is 0 Å². The highest BCUT2D eigenvalue weighted by molar-refractivity contribution is 5.93. The number of carbonyl (C=O) groups excluding carboxylic acids is 1. The quantitative estimate of drug-likeness (QED) is 0.762. The largest absolute Gasteiger partial charge is 0.490 e. The highest BCUT2D eigenvalue weighted by atomic mass is 16.5. The fourth-order valence-electron chi connectivity index (χ4n) is 3.10.